The van der Waals surface area contributed by atoms with Gasteiger partial charge in [-0.2, -0.15) is 0 Å². The van der Waals surface area contributed by atoms with Crippen molar-refractivity contribution in [3.8, 4) is 11.5 Å². The zero-order valence-electron chi connectivity index (χ0n) is 23.4. The molecule has 0 amide bonds. The molecule has 1 aromatic carbocycles. The normalized spacial score (nSPS) is 15.2. The second kappa shape index (κ2) is 15.3. The highest BCUT2D eigenvalue weighted by atomic mass is 16.6. The first-order valence-corrected chi connectivity index (χ1v) is 13.0. The lowest BCUT2D eigenvalue weighted by Crippen LogP contribution is -2.39. The van der Waals surface area contributed by atoms with E-state index in [1.54, 1.807) is 33.8 Å². The molecule has 37 heavy (non-hydrogen) atoms. The van der Waals surface area contributed by atoms with Crippen LogP contribution in [0.1, 0.15) is 80.2 Å². The fraction of sp³-hybridized carbons (Fsp3) is 0.643. The maximum atomic E-state index is 12.6. The molecule has 0 spiro atoms. The molecule has 2 unspecified atom stereocenters. The molecule has 0 aliphatic heterocycles. The van der Waals surface area contributed by atoms with Crippen molar-refractivity contribution in [3.05, 3.63) is 23.8 Å². The van der Waals surface area contributed by atoms with Crippen molar-refractivity contribution in [1.29, 1.82) is 0 Å². The first kappa shape index (κ1) is 32.1. The lowest BCUT2D eigenvalue weighted by molar-refractivity contribution is -0.166. The van der Waals surface area contributed by atoms with Crippen LogP contribution in [0.2, 0.25) is 0 Å². The zero-order chi connectivity index (χ0) is 28.3. The second-order valence-corrected chi connectivity index (χ2v) is 9.99. The fourth-order valence-corrected chi connectivity index (χ4v) is 2.98. The van der Waals surface area contributed by atoms with Gasteiger partial charge in [-0.3, -0.25) is 19.2 Å². The molecular formula is C28H43NO8. The molecular weight excluding hydrogens is 478 g/mol. The Morgan fingerprint density at radius 1 is 0.757 bits per heavy atom. The minimum Gasteiger partial charge on any atom is -0.459 e. The number of nitrogens with two attached hydrogens (primary N) is 1. The molecule has 2 N–H and O–H groups in total. The zero-order valence-corrected chi connectivity index (χ0v) is 23.4. The van der Waals surface area contributed by atoms with Gasteiger partial charge >= 0.3 is 23.9 Å². The van der Waals surface area contributed by atoms with E-state index < -0.39 is 36.2 Å². The molecule has 9 heteroatoms. The maximum Gasteiger partial charge on any atom is 0.323 e. The van der Waals surface area contributed by atoms with Gasteiger partial charge in [-0.1, -0.05) is 47.6 Å². The summed E-state index contributed by atoms with van der Waals surface area (Å²) in [6.45, 7) is 14.3. The number of hydrogen-bond donors (Lipinski definition) is 1. The van der Waals surface area contributed by atoms with E-state index >= 15 is 0 Å². The van der Waals surface area contributed by atoms with E-state index in [0.717, 1.165) is 0 Å². The van der Waals surface area contributed by atoms with Gasteiger partial charge in [0.2, 0.25) is 0 Å². The number of carbonyl (C=O) groups is 4. The van der Waals surface area contributed by atoms with Crippen LogP contribution in [0.5, 0.6) is 11.5 Å². The first-order valence-electron chi connectivity index (χ1n) is 13.0. The lowest BCUT2D eigenvalue weighted by Gasteiger charge is -2.23. The molecule has 0 aromatic heterocycles. The van der Waals surface area contributed by atoms with Gasteiger partial charge in [0.15, 0.2) is 11.5 Å². The van der Waals surface area contributed by atoms with E-state index in [-0.39, 0.29) is 48.1 Å². The Balaban J connectivity index is 2.95. The average molecular weight is 522 g/mol. The standard InChI is InChI=1S/C28H43NO8/c1-9-17(5)26(31)36-23-12-11-21(15-24(23)37-27(32)18(6)10-2)14-22(29)28(33)35-20(8)19(7)34-25(30)13-16(3)4/h11-12,15-20,22H,9-10,13-14,29H2,1-8H3/t17?,18?,19-,20-,22-/m0/s1. The van der Waals surface area contributed by atoms with Crippen LogP contribution in [-0.4, -0.2) is 42.1 Å². The van der Waals surface area contributed by atoms with Crippen LogP contribution < -0.4 is 15.2 Å². The van der Waals surface area contributed by atoms with Gasteiger partial charge in [-0.25, -0.2) is 0 Å². The van der Waals surface area contributed by atoms with Crippen LogP contribution in [0.15, 0.2) is 18.2 Å². The third-order valence-corrected chi connectivity index (χ3v) is 6.07. The predicted octanol–water partition coefficient (Wildman–Crippen LogP) is 4.37. The first-order chi connectivity index (χ1) is 17.3. The van der Waals surface area contributed by atoms with Gasteiger partial charge in [0.1, 0.15) is 18.2 Å². The molecule has 0 bridgehead atoms. The van der Waals surface area contributed by atoms with Gasteiger partial charge < -0.3 is 24.7 Å². The summed E-state index contributed by atoms with van der Waals surface area (Å²) in [5, 5.41) is 0. The Morgan fingerprint density at radius 3 is 1.78 bits per heavy atom. The van der Waals surface area contributed by atoms with E-state index in [9.17, 15) is 19.2 Å². The smallest absolute Gasteiger partial charge is 0.323 e. The van der Waals surface area contributed by atoms with Crippen LogP contribution in [0, 0.1) is 17.8 Å². The monoisotopic (exact) mass is 521 g/mol. The Labute approximate surface area is 220 Å². The fourth-order valence-electron chi connectivity index (χ4n) is 2.98. The number of carbonyl (C=O) groups excluding carboxylic acids is 4. The average Bonchev–Trinajstić information content (AvgIpc) is 2.83. The van der Waals surface area contributed by atoms with Crippen LogP contribution in [0.4, 0.5) is 0 Å². The summed E-state index contributed by atoms with van der Waals surface area (Å²) >= 11 is 0. The van der Waals surface area contributed by atoms with E-state index in [2.05, 4.69) is 0 Å². The summed E-state index contributed by atoms with van der Waals surface area (Å²) in [5.41, 5.74) is 6.67. The van der Waals surface area contributed by atoms with Crippen LogP contribution >= 0.6 is 0 Å². The Kier molecular flexibility index (Phi) is 13.3. The Morgan fingerprint density at radius 2 is 1.27 bits per heavy atom. The predicted molar refractivity (Wildman–Crippen MR) is 139 cm³/mol. The van der Waals surface area contributed by atoms with Crippen molar-refractivity contribution in [2.45, 2.75) is 99.3 Å². The van der Waals surface area contributed by atoms with Crippen molar-refractivity contribution in [2.24, 2.45) is 23.5 Å². The second-order valence-electron chi connectivity index (χ2n) is 9.99. The molecule has 9 nitrogen and oxygen atoms in total. The Bertz CT molecular complexity index is 929. The summed E-state index contributed by atoms with van der Waals surface area (Å²) in [7, 11) is 0. The van der Waals surface area contributed by atoms with Crippen molar-refractivity contribution in [2.75, 3.05) is 0 Å². The number of benzene rings is 1. The molecule has 0 saturated heterocycles. The SMILES string of the molecule is CCC(C)C(=O)Oc1ccc(C[C@H](N)C(=O)O[C@@H](C)[C@H](C)OC(=O)CC(C)C)cc1OC(=O)C(C)CC. The summed E-state index contributed by atoms with van der Waals surface area (Å²) in [4.78, 5) is 49.2. The van der Waals surface area contributed by atoms with Crippen molar-refractivity contribution < 1.29 is 38.1 Å². The van der Waals surface area contributed by atoms with Crippen LogP contribution in [0.3, 0.4) is 0 Å². The van der Waals surface area contributed by atoms with E-state index in [0.29, 0.717) is 18.4 Å². The van der Waals surface area contributed by atoms with Crippen LogP contribution in [-0.2, 0) is 35.1 Å². The summed E-state index contributed by atoms with van der Waals surface area (Å²) in [6.07, 6.45) is 0.222. The Hall–Kier alpha value is -2.94. The number of rotatable bonds is 14. The highest BCUT2D eigenvalue weighted by Gasteiger charge is 2.26. The van der Waals surface area contributed by atoms with Crippen molar-refractivity contribution in [3.63, 3.8) is 0 Å². The number of esters is 4. The molecule has 0 radical (unpaired) electrons. The molecule has 208 valence electrons. The van der Waals surface area contributed by atoms with Crippen molar-refractivity contribution in [1.82, 2.24) is 0 Å². The van der Waals surface area contributed by atoms with E-state index in [1.807, 2.05) is 27.7 Å². The number of ether oxygens (including phenoxy) is 4. The summed E-state index contributed by atoms with van der Waals surface area (Å²) < 4.78 is 21.7. The largest absolute Gasteiger partial charge is 0.459 e. The molecule has 0 saturated carbocycles. The molecule has 0 aliphatic carbocycles. The van der Waals surface area contributed by atoms with Crippen LogP contribution in [0.25, 0.3) is 0 Å². The van der Waals surface area contributed by atoms with Gasteiger partial charge in [0.25, 0.3) is 0 Å². The highest BCUT2D eigenvalue weighted by Crippen LogP contribution is 2.31. The van der Waals surface area contributed by atoms with E-state index in [4.69, 9.17) is 24.7 Å². The highest BCUT2D eigenvalue weighted by molar-refractivity contribution is 5.79. The minimum atomic E-state index is -1.02. The molecule has 1 rings (SSSR count). The summed E-state index contributed by atoms with van der Waals surface area (Å²) in [5.74, 6) is -2.23. The maximum absolute atomic E-state index is 12.6. The molecule has 1 aromatic rings. The third-order valence-electron chi connectivity index (χ3n) is 6.07. The minimum absolute atomic E-state index is 0.0825. The molecule has 0 aliphatic rings. The van der Waals surface area contributed by atoms with Crippen molar-refractivity contribution >= 4 is 23.9 Å². The third kappa shape index (κ3) is 10.9. The van der Waals surface area contributed by atoms with Gasteiger partial charge in [-0.15, -0.1) is 0 Å². The summed E-state index contributed by atoms with van der Waals surface area (Å²) in [6, 6.07) is 3.68. The molecule has 0 heterocycles. The number of hydrogen-bond acceptors (Lipinski definition) is 9. The van der Waals surface area contributed by atoms with Gasteiger partial charge in [0.05, 0.1) is 11.8 Å². The molecule has 0 fully saturated rings. The van der Waals surface area contributed by atoms with Gasteiger partial charge in [0, 0.05) is 6.42 Å². The van der Waals surface area contributed by atoms with Gasteiger partial charge in [-0.05, 0) is 56.7 Å². The topological polar surface area (TPSA) is 131 Å². The quantitative estimate of drug-likeness (QED) is 0.280. The lowest BCUT2D eigenvalue weighted by atomic mass is 10.1. The molecule has 5 atom stereocenters. The van der Waals surface area contributed by atoms with E-state index in [1.165, 1.54) is 12.1 Å².